The van der Waals surface area contributed by atoms with Crippen LogP contribution in [0.25, 0.3) is 11.2 Å². The molecule has 1 saturated carbocycles. The first-order valence-electron chi connectivity index (χ1n) is 11.3. The summed E-state index contributed by atoms with van der Waals surface area (Å²) in [5, 5.41) is 30.1. The molecule has 33 heavy (non-hydrogen) atoms. The van der Waals surface area contributed by atoms with Crippen molar-refractivity contribution in [3.8, 4) is 11.8 Å². The predicted octanol–water partition coefficient (Wildman–Crippen LogP) is -0.166. The first kappa shape index (κ1) is 23.4. The Kier molecular flexibility index (Phi) is 7.09. The molecule has 4 rings (SSSR count). The summed E-state index contributed by atoms with van der Waals surface area (Å²) in [6.45, 7) is 0.252. The molecule has 0 aromatic carbocycles. The molecule has 11 nitrogen and oxygen atoms in total. The Hall–Kier alpha value is -2.78. The molecule has 0 unspecified atom stereocenters. The molecule has 0 spiro atoms. The third-order valence-corrected chi connectivity index (χ3v) is 6.55. The molecule has 1 aliphatic carbocycles. The quantitative estimate of drug-likeness (QED) is 0.367. The summed E-state index contributed by atoms with van der Waals surface area (Å²) in [6.07, 6.45) is 2.34. The molecule has 3 heterocycles. The van der Waals surface area contributed by atoms with E-state index in [0.29, 0.717) is 23.0 Å². The number of imidazole rings is 1. The highest BCUT2D eigenvalue weighted by Crippen LogP contribution is 2.34. The Bertz CT molecular complexity index is 1050. The fourth-order valence-corrected chi connectivity index (χ4v) is 4.56. The fraction of sp³-hybridized carbons (Fsp3) is 0.636. The Balaban J connectivity index is 1.51. The molecule has 1 aliphatic heterocycles. The van der Waals surface area contributed by atoms with Crippen LogP contribution in [0.5, 0.6) is 0 Å². The number of aliphatic hydroxyl groups excluding tert-OH is 3. The van der Waals surface area contributed by atoms with Gasteiger partial charge in [0, 0.05) is 19.4 Å². The van der Waals surface area contributed by atoms with Gasteiger partial charge >= 0.3 is 0 Å². The van der Waals surface area contributed by atoms with E-state index in [1.807, 2.05) is 0 Å². The lowest BCUT2D eigenvalue weighted by Gasteiger charge is -2.25. The van der Waals surface area contributed by atoms with Gasteiger partial charge in [0.1, 0.15) is 17.7 Å². The van der Waals surface area contributed by atoms with Gasteiger partial charge in [-0.05, 0) is 49.9 Å². The molecule has 2 aromatic rings. The van der Waals surface area contributed by atoms with Crippen molar-refractivity contribution in [2.24, 2.45) is 17.6 Å². The summed E-state index contributed by atoms with van der Waals surface area (Å²) in [5.74, 6) is 6.90. The van der Waals surface area contributed by atoms with E-state index >= 15 is 0 Å². The van der Waals surface area contributed by atoms with E-state index in [4.69, 9.17) is 16.2 Å². The van der Waals surface area contributed by atoms with Crippen LogP contribution in [0.15, 0.2) is 6.33 Å². The van der Waals surface area contributed by atoms with E-state index in [9.17, 15) is 20.1 Å². The van der Waals surface area contributed by atoms with Crippen LogP contribution < -0.4 is 11.5 Å². The maximum Gasteiger partial charge on any atom is 0.217 e. The van der Waals surface area contributed by atoms with Gasteiger partial charge in [0.05, 0.1) is 12.4 Å². The van der Waals surface area contributed by atoms with Gasteiger partial charge in [-0.3, -0.25) is 9.36 Å². The number of aliphatic hydroxyl groups is 3. The second-order valence-corrected chi connectivity index (χ2v) is 8.88. The highest BCUT2D eigenvalue weighted by molar-refractivity contribution is 5.82. The third-order valence-electron chi connectivity index (χ3n) is 6.55. The minimum Gasteiger partial charge on any atom is -0.396 e. The number of hydrogen-bond acceptors (Lipinski definition) is 9. The average molecular weight is 459 g/mol. The van der Waals surface area contributed by atoms with Crippen molar-refractivity contribution in [2.45, 2.75) is 69.5 Å². The number of aromatic nitrogens is 4. The van der Waals surface area contributed by atoms with Crippen LogP contribution in [-0.2, 0) is 9.53 Å². The van der Waals surface area contributed by atoms with E-state index < -0.39 is 30.4 Å². The maximum atomic E-state index is 11.1. The number of ether oxygens (including phenoxy) is 1. The maximum absolute atomic E-state index is 11.1. The number of nitrogens with zero attached hydrogens (tertiary/aromatic N) is 4. The molecular formula is C22H30N6O5. The molecule has 0 bridgehead atoms. The number of nitrogen functional groups attached to an aromatic ring is 1. The summed E-state index contributed by atoms with van der Waals surface area (Å²) in [7, 11) is 0. The van der Waals surface area contributed by atoms with Crippen molar-refractivity contribution in [2.75, 3.05) is 12.3 Å². The summed E-state index contributed by atoms with van der Waals surface area (Å²) in [4.78, 5) is 24.0. The number of carbonyl (C=O) groups excluding carboxylic acids is 1. The van der Waals surface area contributed by atoms with Crippen molar-refractivity contribution in [3.05, 3.63) is 12.2 Å². The lowest BCUT2D eigenvalue weighted by Crippen LogP contribution is -2.32. The molecule has 1 saturated heterocycles. The number of amides is 1. The van der Waals surface area contributed by atoms with Crippen LogP contribution >= 0.6 is 0 Å². The Morgan fingerprint density at radius 2 is 1.91 bits per heavy atom. The fourth-order valence-electron chi connectivity index (χ4n) is 4.56. The smallest absolute Gasteiger partial charge is 0.217 e. The summed E-state index contributed by atoms with van der Waals surface area (Å²) < 4.78 is 7.30. The number of rotatable bonds is 6. The third kappa shape index (κ3) is 5.09. The molecule has 178 valence electrons. The van der Waals surface area contributed by atoms with Crippen LogP contribution in [0.2, 0.25) is 0 Å². The first-order valence-corrected chi connectivity index (χ1v) is 11.3. The molecule has 2 aliphatic rings. The molecule has 2 aromatic heterocycles. The number of anilines is 1. The minimum atomic E-state index is -1.25. The molecule has 7 N–H and O–H groups in total. The van der Waals surface area contributed by atoms with Gasteiger partial charge < -0.3 is 31.5 Å². The van der Waals surface area contributed by atoms with Gasteiger partial charge in [-0.25, -0.2) is 15.0 Å². The molecule has 11 heteroatoms. The van der Waals surface area contributed by atoms with Crippen molar-refractivity contribution >= 4 is 22.9 Å². The lowest BCUT2D eigenvalue weighted by atomic mass is 9.81. The van der Waals surface area contributed by atoms with Gasteiger partial charge in [-0.2, -0.15) is 0 Å². The Morgan fingerprint density at radius 1 is 1.18 bits per heavy atom. The van der Waals surface area contributed by atoms with E-state index in [2.05, 4.69) is 26.8 Å². The second-order valence-electron chi connectivity index (χ2n) is 8.88. The van der Waals surface area contributed by atoms with Crippen molar-refractivity contribution in [3.63, 3.8) is 0 Å². The van der Waals surface area contributed by atoms with Gasteiger partial charge in [0.2, 0.25) is 11.7 Å². The van der Waals surface area contributed by atoms with E-state index in [1.54, 1.807) is 0 Å². The number of hydrogen-bond donors (Lipinski definition) is 5. The Labute approximate surface area is 191 Å². The summed E-state index contributed by atoms with van der Waals surface area (Å²) >= 11 is 0. The van der Waals surface area contributed by atoms with Crippen LogP contribution in [0, 0.1) is 23.7 Å². The van der Waals surface area contributed by atoms with Gasteiger partial charge in [-0.15, -0.1) is 0 Å². The van der Waals surface area contributed by atoms with Crippen LogP contribution in [-0.4, -0.2) is 65.7 Å². The van der Waals surface area contributed by atoms with Crippen molar-refractivity contribution in [1.29, 1.82) is 0 Å². The molecular weight excluding hydrogens is 428 g/mol. The molecule has 1 amide bonds. The predicted molar refractivity (Wildman–Crippen MR) is 118 cm³/mol. The Morgan fingerprint density at radius 3 is 2.61 bits per heavy atom. The van der Waals surface area contributed by atoms with Crippen LogP contribution in [0.1, 0.15) is 57.0 Å². The number of fused-ring (bicyclic) bond motifs is 1. The number of carbonyl (C=O) groups is 1. The lowest BCUT2D eigenvalue weighted by molar-refractivity contribution is -0.119. The molecule has 0 radical (unpaired) electrons. The largest absolute Gasteiger partial charge is 0.396 e. The average Bonchev–Trinajstić information content (AvgIpc) is 3.34. The summed E-state index contributed by atoms with van der Waals surface area (Å²) in [6, 6.07) is 0. The van der Waals surface area contributed by atoms with Crippen molar-refractivity contribution < 1.29 is 24.9 Å². The van der Waals surface area contributed by atoms with Crippen LogP contribution in [0.3, 0.4) is 0 Å². The highest BCUT2D eigenvalue weighted by atomic mass is 16.6. The zero-order valence-electron chi connectivity index (χ0n) is 18.3. The zero-order valence-corrected chi connectivity index (χ0v) is 18.3. The summed E-state index contributed by atoms with van der Waals surface area (Å²) in [5.41, 5.74) is 11.9. The zero-order chi connectivity index (χ0) is 23.5. The molecule has 2 fully saturated rings. The minimum absolute atomic E-state index is 0.0301. The van der Waals surface area contributed by atoms with Crippen LogP contribution in [0.4, 0.5) is 5.82 Å². The van der Waals surface area contributed by atoms with Gasteiger partial charge in [-0.1, -0.05) is 5.92 Å². The normalized spacial score (nSPS) is 29.7. The number of primary amides is 1. The standard InChI is InChI=1S/C22H30N6O5/c23-15(30)9-8-14-18(31)19(32)22(33-14)28-11-25-17-20(24)26-16(27-21(17)28)3-1-2-12-4-6-13(10-29)7-5-12/h11-14,18-19,22,29,31-32H,2,4-10H2,(H2,23,30)(H2,24,26,27)/t12?,13?,14-,18-,19+,22+/m1/s1. The van der Waals surface area contributed by atoms with E-state index in [0.717, 1.165) is 32.1 Å². The monoisotopic (exact) mass is 458 g/mol. The van der Waals surface area contributed by atoms with Gasteiger partial charge in [0.15, 0.2) is 17.7 Å². The second kappa shape index (κ2) is 10.0. The van der Waals surface area contributed by atoms with Crippen molar-refractivity contribution in [1.82, 2.24) is 19.5 Å². The number of nitrogens with two attached hydrogens (primary N) is 2. The SMILES string of the molecule is NC(=O)CC[C@H]1O[C@H](n2cnc3c(N)nc(C#CCC4CCC(CO)CC4)nc32)[C@@H](O)[C@@H]1O. The van der Waals surface area contributed by atoms with E-state index in [1.165, 1.54) is 10.9 Å². The topological polar surface area (TPSA) is 183 Å². The highest BCUT2D eigenvalue weighted by Gasteiger charge is 2.44. The van der Waals surface area contributed by atoms with Gasteiger partial charge in [0.25, 0.3) is 0 Å². The first-order chi connectivity index (χ1) is 15.9. The van der Waals surface area contributed by atoms with E-state index in [-0.39, 0.29) is 31.1 Å². The molecule has 4 atom stereocenters.